The number of nitrogens with zero attached hydrogens (tertiary/aromatic N) is 1. The minimum atomic E-state index is 0.277. The molecule has 0 amide bonds. The lowest BCUT2D eigenvalue weighted by atomic mass is 9.64. The quantitative estimate of drug-likeness (QED) is 0.873. The fraction of sp³-hybridized carbons (Fsp3) is 0.400. The highest BCUT2D eigenvalue weighted by molar-refractivity contribution is 5.78. The van der Waals surface area contributed by atoms with Gasteiger partial charge in [0.05, 0.1) is 5.52 Å². The third-order valence-corrected chi connectivity index (χ3v) is 4.08. The third-order valence-electron chi connectivity index (χ3n) is 4.08. The van der Waals surface area contributed by atoms with Crippen molar-refractivity contribution < 1.29 is 0 Å². The highest BCUT2D eigenvalue weighted by atomic mass is 14.7. The Hall–Kier alpha value is -1.41. The molecule has 0 aliphatic heterocycles. The number of para-hydroxylation sites is 1. The molecule has 1 aromatic heterocycles. The number of benzene rings is 1. The van der Waals surface area contributed by atoms with E-state index in [9.17, 15) is 0 Å². The summed E-state index contributed by atoms with van der Waals surface area (Å²) in [5.41, 5.74) is 8.37. The average molecular weight is 226 g/mol. The molecule has 2 heteroatoms. The maximum absolute atomic E-state index is 5.75. The molecule has 2 aromatic rings. The van der Waals surface area contributed by atoms with E-state index in [4.69, 9.17) is 10.7 Å². The molecule has 17 heavy (non-hydrogen) atoms. The zero-order valence-corrected chi connectivity index (χ0v) is 10.0. The van der Waals surface area contributed by atoms with E-state index in [1.807, 2.05) is 0 Å². The summed E-state index contributed by atoms with van der Waals surface area (Å²) in [6.45, 7) is 0.758. The lowest BCUT2D eigenvalue weighted by molar-refractivity contribution is 0.223. The van der Waals surface area contributed by atoms with E-state index < -0.39 is 0 Å². The second-order valence-corrected chi connectivity index (χ2v) is 5.06. The molecule has 1 saturated carbocycles. The Bertz CT molecular complexity index is 529. The van der Waals surface area contributed by atoms with Crippen LogP contribution in [-0.2, 0) is 5.41 Å². The average Bonchev–Trinajstić information content (AvgIpc) is 2.33. The van der Waals surface area contributed by atoms with Crippen LogP contribution in [0.5, 0.6) is 0 Å². The predicted octanol–water partition coefficient (Wildman–Crippen LogP) is 3.01. The Kier molecular flexibility index (Phi) is 2.60. The van der Waals surface area contributed by atoms with Gasteiger partial charge in [-0.15, -0.1) is 0 Å². The maximum Gasteiger partial charge on any atom is 0.0705 e. The van der Waals surface area contributed by atoms with Gasteiger partial charge in [0, 0.05) is 16.5 Å². The number of hydrogen-bond acceptors (Lipinski definition) is 2. The second kappa shape index (κ2) is 4.11. The number of fused-ring (bicyclic) bond motifs is 1. The molecule has 2 nitrogen and oxygen atoms in total. The first kappa shape index (κ1) is 10.7. The molecule has 88 valence electrons. The molecule has 1 heterocycles. The van der Waals surface area contributed by atoms with Gasteiger partial charge in [0.25, 0.3) is 0 Å². The van der Waals surface area contributed by atoms with Gasteiger partial charge in [-0.1, -0.05) is 30.7 Å². The van der Waals surface area contributed by atoms with Crippen molar-refractivity contribution >= 4 is 10.9 Å². The van der Waals surface area contributed by atoms with Crippen molar-refractivity contribution in [1.29, 1.82) is 0 Å². The minimum absolute atomic E-state index is 0.277. The first-order valence-corrected chi connectivity index (χ1v) is 6.40. The Labute approximate surface area is 102 Å². The highest BCUT2D eigenvalue weighted by Gasteiger charge is 2.38. The smallest absolute Gasteiger partial charge is 0.0705 e. The van der Waals surface area contributed by atoms with Crippen LogP contribution in [0.3, 0.4) is 0 Å². The van der Waals surface area contributed by atoms with E-state index in [0.29, 0.717) is 0 Å². The summed E-state index contributed by atoms with van der Waals surface area (Å²) < 4.78 is 0. The summed E-state index contributed by atoms with van der Waals surface area (Å²) >= 11 is 0. The second-order valence-electron chi connectivity index (χ2n) is 5.06. The van der Waals surface area contributed by atoms with Crippen LogP contribution in [0.15, 0.2) is 36.4 Å². The molecule has 0 unspecified atom stereocenters. The fourth-order valence-electron chi connectivity index (χ4n) is 2.88. The summed E-state index contributed by atoms with van der Waals surface area (Å²) in [5, 5.41) is 1.22. The highest BCUT2D eigenvalue weighted by Crippen LogP contribution is 2.45. The van der Waals surface area contributed by atoms with E-state index in [-0.39, 0.29) is 5.41 Å². The molecule has 1 aliphatic carbocycles. The molecule has 0 saturated heterocycles. The molecule has 1 aliphatic rings. The Balaban J connectivity index is 2.05. The SMILES string of the molecule is NCCC1(c2ccc3ccccc3n2)CCC1. The number of rotatable bonds is 3. The molecule has 0 spiro atoms. The van der Waals surface area contributed by atoms with Crippen LogP contribution in [0.1, 0.15) is 31.4 Å². The van der Waals surface area contributed by atoms with E-state index in [2.05, 4.69) is 36.4 Å². The normalized spacial score (nSPS) is 17.9. The summed E-state index contributed by atoms with van der Waals surface area (Å²) in [6, 6.07) is 12.7. The number of aromatic nitrogens is 1. The number of nitrogens with two attached hydrogens (primary N) is 1. The van der Waals surface area contributed by atoms with Gasteiger partial charge in [-0.2, -0.15) is 0 Å². The summed E-state index contributed by atoms with van der Waals surface area (Å²) in [5.74, 6) is 0. The molecular formula is C15H18N2. The Morgan fingerprint density at radius 1 is 1.12 bits per heavy atom. The van der Waals surface area contributed by atoms with Crippen molar-refractivity contribution in [2.24, 2.45) is 5.73 Å². The van der Waals surface area contributed by atoms with Crippen molar-refractivity contribution in [3.63, 3.8) is 0 Å². The first-order valence-electron chi connectivity index (χ1n) is 6.40. The molecular weight excluding hydrogens is 208 g/mol. The van der Waals surface area contributed by atoms with Crippen LogP contribution < -0.4 is 5.73 Å². The molecule has 1 fully saturated rings. The summed E-state index contributed by atoms with van der Waals surface area (Å²) in [6.07, 6.45) is 4.87. The molecule has 3 rings (SSSR count). The topological polar surface area (TPSA) is 38.9 Å². The van der Waals surface area contributed by atoms with Crippen LogP contribution in [0.25, 0.3) is 10.9 Å². The third kappa shape index (κ3) is 1.73. The standard InChI is InChI=1S/C15H18N2/c16-11-10-15(8-3-9-15)14-7-6-12-4-1-2-5-13(12)17-14/h1-2,4-7H,3,8-11,16H2. The van der Waals surface area contributed by atoms with Crippen molar-refractivity contribution in [3.8, 4) is 0 Å². The van der Waals surface area contributed by atoms with Gasteiger partial charge in [-0.05, 0) is 37.9 Å². The van der Waals surface area contributed by atoms with E-state index in [0.717, 1.165) is 18.5 Å². The van der Waals surface area contributed by atoms with E-state index in [1.165, 1.54) is 30.3 Å². The molecule has 1 aromatic carbocycles. The van der Waals surface area contributed by atoms with Gasteiger partial charge in [-0.25, -0.2) is 0 Å². The van der Waals surface area contributed by atoms with Crippen LogP contribution in [-0.4, -0.2) is 11.5 Å². The van der Waals surface area contributed by atoms with Crippen molar-refractivity contribution in [3.05, 3.63) is 42.1 Å². The summed E-state index contributed by atoms with van der Waals surface area (Å²) in [4.78, 5) is 4.83. The van der Waals surface area contributed by atoms with Gasteiger partial charge in [0.1, 0.15) is 0 Å². The van der Waals surface area contributed by atoms with Crippen LogP contribution in [0.4, 0.5) is 0 Å². The van der Waals surface area contributed by atoms with Gasteiger partial charge < -0.3 is 5.73 Å². The van der Waals surface area contributed by atoms with Gasteiger partial charge >= 0.3 is 0 Å². The predicted molar refractivity (Wildman–Crippen MR) is 70.9 cm³/mol. The Morgan fingerprint density at radius 3 is 2.65 bits per heavy atom. The van der Waals surface area contributed by atoms with Crippen LogP contribution in [0.2, 0.25) is 0 Å². The minimum Gasteiger partial charge on any atom is -0.330 e. The summed E-state index contributed by atoms with van der Waals surface area (Å²) in [7, 11) is 0. The molecule has 0 radical (unpaired) electrons. The fourth-order valence-corrected chi connectivity index (χ4v) is 2.88. The van der Waals surface area contributed by atoms with Gasteiger partial charge in [0.2, 0.25) is 0 Å². The zero-order chi connectivity index (χ0) is 11.7. The van der Waals surface area contributed by atoms with Gasteiger partial charge in [-0.3, -0.25) is 4.98 Å². The lowest BCUT2D eigenvalue weighted by Gasteiger charge is -2.41. The molecule has 0 bridgehead atoms. The van der Waals surface area contributed by atoms with E-state index in [1.54, 1.807) is 0 Å². The van der Waals surface area contributed by atoms with Gasteiger partial charge in [0.15, 0.2) is 0 Å². The van der Waals surface area contributed by atoms with E-state index >= 15 is 0 Å². The van der Waals surface area contributed by atoms with Crippen molar-refractivity contribution in [2.45, 2.75) is 31.1 Å². The first-order chi connectivity index (χ1) is 8.34. The lowest BCUT2D eigenvalue weighted by Crippen LogP contribution is -2.37. The number of pyridine rings is 1. The largest absolute Gasteiger partial charge is 0.330 e. The Morgan fingerprint density at radius 2 is 1.94 bits per heavy atom. The molecule has 0 atom stereocenters. The van der Waals surface area contributed by atoms with Crippen LogP contribution in [0, 0.1) is 0 Å². The van der Waals surface area contributed by atoms with Crippen LogP contribution >= 0.6 is 0 Å². The van der Waals surface area contributed by atoms with Crippen molar-refractivity contribution in [1.82, 2.24) is 4.98 Å². The van der Waals surface area contributed by atoms with Crippen molar-refractivity contribution in [2.75, 3.05) is 6.54 Å². The number of hydrogen-bond donors (Lipinski definition) is 1. The monoisotopic (exact) mass is 226 g/mol. The maximum atomic E-state index is 5.75. The zero-order valence-electron chi connectivity index (χ0n) is 10.0. The molecule has 2 N–H and O–H groups in total.